The molecule has 31 heavy (non-hydrogen) atoms. The van der Waals surface area contributed by atoms with E-state index >= 15 is 0 Å². The van der Waals surface area contributed by atoms with Gasteiger partial charge in [-0.1, -0.05) is 36.4 Å². The number of piperazine rings is 1. The molecule has 7 nitrogen and oxygen atoms in total. The predicted octanol–water partition coefficient (Wildman–Crippen LogP) is 2.32. The fraction of sp³-hybridized carbons (Fsp3) is 0.375. The number of amides is 1. The van der Waals surface area contributed by atoms with Crippen LogP contribution in [0.25, 0.3) is 16.5 Å². The Kier molecular flexibility index (Phi) is 5.53. The molecular weight excluding hydrogens is 392 g/mol. The van der Waals surface area contributed by atoms with E-state index < -0.39 is 0 Å². The Morgan fingerprint density at radius 2 is 1.68 bits per heavy atom. The third-order valence-corrected chi connectivity index (χ3v) is 6.15. The molecule has 1 aromatic heterocycles. The number of fused-ring (bicyclic) bond motifs is 1. The summed E-state index contributed by atoms with van der Waals surface area (Å²) in [5.41, 5.74) is 0.750. The van der Waals surface area contributed by atoms with Gasteiger partial charge in [0.2, 0.25) is 0 Å². The zero-order chi connectivity index (χ0) is 21.2. The molecule has 0 aliphatic carbocycles. The second kappa shape index (κ2) is 8.61. The molecule has 2 aliphatic heterocycles. The Morgan fingerprint density at radius 3 is 2.39 bits per heavy atom. The van der Waals surface area contributed by atoms with Crippen molar-refractivity contribution in [1.29, 1.82) is 0 Å². The topological polar surface area (TPSA) is 67.7 Å². The lowest BCUT2D eigenvalue weighted by Gasteiger charge is -2.35. The number of nitrogens with zero attached hydrogens (tertiary/aromatic N) is 4. The van der Waals surface area contributed by atoms with Crippen LogP contribution in [-0.2, 0) is 4.74 Å². The van der Waals surface area contributed by atoms with E-state index in [1.165, 1.54) is 4.68 Å². The molecule has 1 amide bonds. The molecule has 2 aromatic carbocycles. The Bertz CT molecular complexity index is 1130. The summed E-state index contributed by atoms with van der Waals surface area (Å²) < 4.78 is 7.09. The van der Waals surface area contributed by atoms with E-state index in [2.05, 4.69) is 10.00 Å². The quantitative estimate of drug-likeness (QED) is 0.651. The van der Waals surface area contributed by atoms with Gasteiger partial charge >= 0.3 is 0 Å². The fourth-order valence-corrected chi connectivity index (χ4v) is 4.45. The number of aromatic nitrogens is 2. The van der Waals surface area contributed by atoms with Crippen LogP contribution in [0.5, 0.6) is 0 Å². The number of carbonyl (C=O) groups is 1. The molecule has 3 heterocycles. The number of ether oxygens (including phenoxy) is 1. The second-order valence-corrected chi connectivity index (χ2v) is 8.17. The summed E-state index contributed by atoms with van der Waals surface area (Å²) in [4.78, 5) is 30.7. The van der Waals surface area contributed by atoms with Gasteiger partial charge in [0, 0.05) is 44.7 Å². The number of hydrogen-bond donors (Lipinski definition) is 0. The van der Waals surface area contributed by atoms with E-state index in [0.29, 0.717) is 41.3 Å². The van der Waals surface area contributed by atoms with Gasteiger partial charge < -0.3 is 9.64 Å². The Balaban J connectivity index is 1.42. The standard InChI is InChI=1S/C24H26N4O3/c29-23-21-11-5-4-10-20(21)22(25-28(23)18-7-2-1-3-8-18)24(30)27-14-12-26(13-15-27)17-19-9-6-16-31-19/h1-5,7-8,10-11,19H,6,9,12-17H2. The minimum Gasteiger partial charge on any atom is -0.377 e. The van der Waals surface area contributed by atoms with Crippen molar-refractivity contribution in [2.24, 2.45) is 0 Å². The molecule has 1 unspecified atom stereocenters. The molecule has 0 N–H and O–H groups in total. The lowest BCUT2D eigenvalue weighted by atomic mass is 10.1. The molecule has 0 saturated carbocycles. The van der Waals surface area contributed by atoms with E-state index in [4.69, 9.17) is 4.74 Å². The van der Waals surface area contributed by atoms with Crippen LogP contribution in [0.2, 0.25) is 0 Å². The first-order chi connectivity index (χ1) is 15.2. The average molecular weight is 418 g/mol. The van der Waals surface area contributed by atoms with Crippen molar-refractivity contribution in [2.45, 2.75) is 18.9 Å². The van der Waals surface area contributed by atoms with Gasteiger partial charge in [-0.05, 0) is 31.0 Å². The second-order valence-electron chi connectivity index (χ2n) is 8.17. The summed E-state index contributed by atoms with van der Waals surface area (Å²) in [6.07, 6.45) is 2.58. The molecule has 2 saturated heterocycles. The summed E-state index contributed by atoms with van der Waals surface area (Å²) >= 11 is 0. The highest BCUT2D eigenvalue weighted by atomic mass is 16.5. The predicted molar refractivity (Wildman–Crippen MR) is 119 cm³/mol. The number of hydrogen-bond acceptors (Lipinski definition) is 5. The number of carbonyl (C=O) groups excluding carboxylic acids is 1. The van der Waals surface area contributed by atoms with Gasteiger partial charge in [-0.2, -0.15) is 9.78 Å². The highest BCUT2D eigenvalue weighted by Crippen LogP contribution is 2.19. The first kappa shape index (κ1) is 19.9. The molecule has 0 bridgehead atoms. The van der Waals surface area contributed by atoms with Gasteiger partial charge in [-0.15, -0.1) is 0 Å². The Morgan fingerprint density at radius 1 is 0.968 bits per heavy atom. The maximum absolute atomic E-state index is 13.5. The lowest BCUT2D eigenvalue weighted by Crippen LogP contribution is -2.50. The van der Waals surface area contributed by atoms with Crippen molar-refractivity contribution in [3.8, 4) is 5.69 Å². The van der Waals surface area contributed by atoms with Gasteiger partial charge in [-0.25, -0.2) is 0 Å². The van der Waals surface area contributed by atoms with Crippen molar-refractivity contribution in [3.05, 3.63) is 70.6 Å². The molecule has 2 fully saturated rings. The van der Waals surface area contributed by atoms with Gasteiger partial charge in [0.15, 0.2) is 5.69 Å². The van der Waals surface area contributed by atoms with Crippen LogP contribution in [0.15, 0.2) is 59.4 Å². The minimum absolute atomic E-state index is 0.127. The molecule has 1 atom stereocenters. The van der Waals surface area contributed by atoms with Crippen LogP contribution in [0.4, 0.5) is 0 Å². The van der Waals surface area contributed by atoms with Crippen molar-refractivity contribution < 1.29 is 9.53 Å². The first-order valence-corrected chi connectivity index (χ1v) is 10.9. The van der Waals surface area contributed by atoms with Gasteiger partial charge in [0.05, 0.1) is 17.2 Å². The van der Waals surface area contributed by atoms with Crippen molar-refractivity contribution >= 4 is 16.7 Å². The van der Waals surface area contributed by atoms with E-state index in [0.717, 1.165) is 39.1 Å². The van der Waals surface area contributed by atoms with Crippen LogP contribution >= 0.6 is 0 Å². The highest BCUT2D eigenvalue weighted by molar-refractivity contribution is 6.04. The van der Waals surface area contributed by atoms with Crippen molar-refractivity contribution in [1.82, 2.24) is 19.6 Å². The van der Waals surface area contributed by atoms with E-state index in [9.17, 15) is 9.59 Å². The molecule has 160 valence electrons. The zero-order valence-electron chi connectivity index (χ0n) is 17.4. The largest absolute Gasteiger partial charge is 0.377 e. The monoisotopic (exact) mass is 418 g/mol. The number of benzene rings is 2. The molecule has 2 aliphatic rings. The normalized spacial score (nSPS) is 19.7. The average Bonchev–Trinajstić information content (AvgIpc) is 3.33. The summed E-state index contributed by atoms with van der Waals surface area (Å²) in [5.74, 6) is -0.127. The Labute approximate surface area is 180 Å². The van der Waals surface area contributed by atoms with Gasteiger partial charge in [0.25, 0.3) is 11.5 Å². The summed E-state index contributed by atoms with van der Waals surface area (Å²) in [6, 6.07) is 16.5. The number of rotatable bonds is 4. The number of para-hydroxylation sites is 1. The molecular formula is C24H26N4O3. The third-order valence-electron chi connectivity index (χ3n) is 6.15. The van der Waals surface area contributed by atoms with Crippen LogP contribution in [0.3, 0.4) is 0 Å². The van der Waals surface area contributed by atoms with Crippen LogP contribution in [0.1, 0.15) is 23.3 Å². The molecule has 0 radical (unpaired) electrons. The van der Waals surface area contributed by atoms with Crippen molar-refractivity contribution in [3.63, 3.8) is 0 Å². The molecule has 5 rings (SSSR count). The SMILES string of the molecule is O=C(c1nn(-c2ccccc2)c(=O)c2ccccc12)N1CCN(CC2CCCO2)CC1. The maximum atomic E-state index is 13.5. The van der Waals surface area contributed by atoms with Gasteiger partial charge in [0.1, 0.15) is 0 Å². The molecule has 3 aromatic rings. The fourth-order valence-electron chi connectivity index (χ4n) is 4.45. The summed E-state index contributed by atoms with van der Waals surface area (Å²) in [5, 5.41) is 5.63. The first-order valence-electron chi connectivity index (χ1n) is 10.9. The smallest absolute Gasteiger partial charge is 0.279 e. The molecule has 0 spiro atoms. The van der Waals surface area contributed by atoms with Crippen LogP contribution in [0, 0.1) is 0 Å². The Hall–Kier alpha value is -3.03. The molecule has 7 heteroatoms. The van der Waals surface area contributed by atoms with E-state index in [1.807, 2.05) is 47.4 Å². The van der Waals surface area contributed by atoms with E-state index in [-0.39, 0.29) is 11.5 Å². The maximum Gasteiger partial charge on any atom is 0.279 e. The zero-order valence-corrected chi connectivity index (χ0v) is 17.4. The van der Waals surface area contributed by atoms with Crippen LogP contribution < -0.4 is 5.56 Å². The summed E-state index contributed by atoms with van der Waals surface area (Å²) in [6.45, 7) is 4.73. The summed E-state index contributed by atoms with van der Waals surface area (Å²) in [7, 11) is 0. The van der Waals surface area contributed by atoms with Crippen molar-refractivity contribution in [2.75, 3.05) is 39.3 Å². The van der Waals surface area contributed by atoms with Crippen LogP contribution in [-0.4, -0.2) is 70.9 Å². The minimum atomic E-state index is -0.222. The highest BCUT2D eigenvalue weighted by Gasteiger charge is 2.27. The van der Waals surface area contributed by atoms with Gasteiger partial charge in [-0.3, -0.25) is 14.5 Å². The van der Waals surface area contributed by atoms with E-state index in [1.54, 1.807) is 12.1 Å². The lowest BCUT2D eigenvalue weighted by molar-refractivity contribution is 0.0430. The third kappa shape index (κ3) is 3.98.